The lowest BCUT2D eigenvalue weighted by molar-refractivity contribution is 0.0936. The highest BCUT2D eigenvalue weighted by atomic mass is 79.9. The lowest BCUT2D eigenvalue weighted by Crippen LogP contribution is -2.27. The zero-order valence-corrected chi connectivity index (χ0v) is 14.3. The first kappa shape index (κ1) is 16.4. The Kier molecular flexibility index (Phi) is 5.44. The first-order valence-electron chi connectivity index (χ1n) is 6.84. The number of rotatable bonds is 5. The van der Waals surface area contributed by atoms with Crippen molar-refractivity contribution < 1.29 is 14.3 Å². The van der Waals surface area contributed by atoms with E-state index in [4.69, 9.17) is 9.47 Å². The Morgan fingerprint density at radius 2 is 1.82 bits per heavy atom. The zero-order valence-electron chi connectivity index (χ0n) is 12.7. The van der Waals surface area contributed by atoms with E-state index in [0.717, 1.165) is 5.56 Å². The van der Waals surface area contributed by atoms with Crippen molar-refractivity contribution in [1.29, 1.82) is 0 Å². The summed E-state index contributed by atoms with van der Waals surface area (Å²) in [5.41, 5.74) is 1.47. The molecule has 0 aliphatic heterocycles. The maximum Gasteiger partial charge on any atom is 0.255 e. The topological polar surface area (TPSA) is 47.6 Å². The summed E-state index contributed by atoms with van der Waals surface area (Å²) in [6.45, 7) is 1.94. The SMILES string of the molecule is COc1cc(Br)c(OC)c(C(=O)NC(C)c2ccccc2)c1. The van der Waals surface area contributed by atoms with Crippen LogP contribution in [0.1, 0.15) is 28.9 Å². The Morgan fingerprint density at radius 3 is 2.41 bits per heavy atom. The molecule has 0 fully saturated rings. The van der Waals surface area contributed by atoms with E-state index >= 15 is 0 Å². The van der Waals surface area contributed by atoms with Gasteiger partial charge in [-0.05, 0) is 40.5 Å². The summed E-state index contributed by atoms with van der Waals surface area (Å²) >= 11 is 3.39. The van der Waals surface area contributed by atoms with Crippen LogP contribution in [0.15, 0.2) is 46.9 Å². The average molecular weight is 364 g/mol. The number of hydrogen-bond donors (Lipinski definition) is 1. The highest BCUT2D eigenvalue weighted by Crippen LogP contribution is 2.33. The van der Waals surface area contributed by atoms with E-state index in [0.29, 0.717) is 21.5 Å². The summed E-state index contributed by atoms with van der Waals surface area (Å²) < 4.78 is 11.2. The molecule has 2 rings (SSSR count). The fourth-order valence-electron chi connectivity index (χ4n) is 2.16. The van der Waals surface area contributed by atoms with E-state index in [-0.39, 0.29) is 11.9 Å². The van der Waals surface area contributed by atoms with Gasteiger partial charge in [-0.3, -0.25) is 4.79 Å². The van der Waals surface area contributed by atoms with Crippen LogP contribution >= 0.6 is 15.9 Å². The third kappa shape index (κ3) is 3.60. The van der Waals surface area contributed by atoms with Gasteiger partial charge in [0.15, 0.2) is 0 Å². The van der Waals surface area contributed by atoms with Crippen LogP contribution in [0, 0.1) is 0 Å². The summed E-state index contributed by atoms with van der Waals surface area (Å²) in [7, 11) is 3.09. The van der Waals surface area contributed by atoms with Gasteiger partial charge >= 0.3 is 0 Å². The smallest absolute Gasteiger partial charge is 0.255 e. The molecule has 2 aromatic rings. The van der Waals surface area contributed by atoms with Gasteiger partial charge in [-0.25, -0.2) is 0 Å². The van der Waals surface area contributed by atoms with Gasteiger partial charge in [0, 0.05) is 0 Å². The maximum atomic E-state index is 12.6. The van der Waals surface area contributed by atoms with Crippen molar-refractivity contribution in [2.75, 3.05) is 14.2 Å². The molecule has 0 aliphatic rings. The van der Waals surface area contributed by atoms with Gasteiger partial charge in [-0.2, -0.15) is 0 Å². The molecular formula is C17H18BrNO3. The number of carbonyl (C=O) groups excluding carboxylic acids is 1. The van der Waals surface area contributed by atoms with E-state index in [1.165, 1.54) is 7.11 Å². The molecule has 0 heterocycles. The van der Waals surface area contributed by atoms with Crippen molar-refractivity contribution in [2.24, 2.45) is 0 Å². The molecule has 0 saturated heterocycles. The lowest BCUT2D eigenvalue weighted by Gasteiger charge is -2.17. The van der Waals surface area contributed by atoms with E-state index < -0.39 is 0 Å². The highest BCUT2D eigenvalue weighted by Gasteiger charge is 2.19. The molecule has 1 amide bonds. The second-order valence-corrected chi connectivity index (χ2v) is 5.65. The normalized spacial score (nSPS) is 11.6. The van der Waals surface area contributed by atoms with Gasteiger partial charge in [0.1, 0.15) is 11.5 Å². The molecule has 2 aromatic carbocycles. The van der Waals surface area contributed by atoms with Crippen molar-refractivity contribution >= 4 is 21.8 Å². The molecule has 0 saturated carbocycles. The Balaban J connectivity index is 2.27. The molecule has 0 bridgehead atoms. The number of halogens is 1. The Morgan fingerprint density at radius 1 is 1.14 bits per heavy atom. The summed E-state index contributed by atoms with van der Waals surface area (Å²) in [6, 6.07) is 13.1. The standard InChI is InChI=1S/C17H18BrNO3/c1-11(12-7-5-4-6-8-12)19-17(20)14-9-13(21-2)10-15(18)16(14)22-3/h4-11H,1-3H3,(H,19,20). The Bertz CT molecular complexity index is 658. The largest absolute Gasteiger partial charge is 0.497 e. The van der Waals surface area contributed by atoms with E-state index in [1.54, 1.807) is 19.2 Å². The fraction of sp³-hybridized carbons (Fsp3) is 0.235. The van der Waals surface area contributed by atoms with Crippen LogP contribution in [0.25, 0.3) is 0 Å². The lowest BCUT2D eigenvalue weighted by atomic mass is 10.1. The van der Waals surface area contributed by atoms with Gasteiger partial charge in [-0.1, -0.05) is 30.3 Å². The number of nitrogens with one attached hydrogen (secondary N) is 1. The highest BCUT2D eigenvalue weighted by molar-refractivity contribution is 9.10. The number of benzene rings is 2. The van der Waals surface area contributed by atoms with Gasteiger partial charge in [-0.15, -0.1) is 0 Å². The number of carbonyl (C=O) groups is 1. The number of ether oxygens (including phenoxy) is 2. The van der Waals surface area contributed by atoms with Crippen molar-refractivity contribution in [3.8, 4) is 11.5 Å². The van der Waals surface area contributed by atoms with Crippen molar-refractivity contribution in [3.63, 3.8) is 0 Å². The molecule has 0 spiro atoms. The summed E-state index contributed by atoms with van der Waals surface area (Å²) in [6.07, 6.45) is 0. The van der Waals surface area contributed by atoms with E-state index in [9.17, 15) is 4.79 Å². The molecule has 0 aliphatic carbocycles. The minimum Gasteiger partial charge on any atom is -0.497 e. The predicted octanol–water partition coefficient (Wildman–Crippen LogP) is 3.96. The third-order valence-electron chi connectivity index (χ3n) is 3.35. The van der Waals surface area contributed by atoms with Crippen LogP contribution in [-0.2, 0) is 0 Å². The molecule has 1 unspecified atom stereocenters. The molecule has 0 aromatic heterocycles. The monoisotopic (exact) mass is 363 g/mol. The number of amides is 1. The number of hydrogen-bond acceptors (Lipinski definition) is 3. The first-order valence-corrected chi connectivity index (χ1v) is 7.63. The predicted molar refractivity (Wildman–Crippen MR) is 89.6 cm³/mol. The zero-order chi connectivity index (χ0) is 16.1. The summed E-state index contributed by atoms with van der Waals surface area (Å²) in [5.74, 6) is 0.858. The average Bonchev–Trinajstić information content (AvgIpc) is 2.54. The molecule has 4 nitrogen and oxygen atoms in total. The first-order chi connectivity index (χ1) is 10.6. The Labute approximate surface area is 138 Å². The van der Waals surface area contributed by atoms with Gasteiger partial charge in [0.05, 0.1) is 30.3 Å². The van der Waals surface area contributed by atoms with Gasteiger partial charge in [0.25, 0.3) is 5.91 Å². The molecule has 116 valence electrons. The number of methoxy groups -OCH3 is 2. The molecule has 0 radical (unpaired) electrons. The second-order valence-electron chi connectivity index (χ2n) is 4.80. The van der Waals surface area contributed by atoms with Crippen molar-refractivity contribution in [2.45, 2.75) is 13.0 Å². The third-order valence-corrected chi connectivity index (χ3v) is 3.94. The van der Waals surface area contributed by atoms with Gasteiger partial charge < -0.3 is 14.8 Å². The maximum absolute atomic E-state index is 12.6. The molecular weight excluding hydrogens is 346 g/mol. The van der Waals surface area contributed by atoms with Gasteiger partial charge in [0.2, 0.25) is 0 Å². The Hall–Kier alpha value is -2.01. The second kappa shape index (κ2) is 7.31. The van der Waals surface area contributed by atoms with Crippen LogP contribution in [-0.4, -0.2) is 20.1 Å². The van der Waals surface area contributed by atoms with Crippen LogP contribution in [0.4, 0.5) is 0 Å². The van der Waals surface area contributed by atoms with Crippen LogP contribution in [0.3, 0.4) is 0 Å². The summed E-state index contributed by atoms with van der Waals surface area (Å²) in [5, 5.41) is 2.97. The molecule has 1 atom stereocenters. The van der Waals surface area contributed by atoms with Crippen LogP contribution in [0.5, 0.6) is 11.5 Å². The molecule has 22 heavy (non-hydrogen) atoms. The van der Waals surface area contributed by atoms with E-state index in [2.05, 4.69) is 21.2 Å². The molecule has 5 heteroatoms. The minimum absolute atomic E-state index is 0.108. The minimum atomic E-state index is -0.215. The summed E-state index contributed by atoms with van der Waals surface area (Å²) in [4.78, 5) is 12.6. The quantitative estimate of drug-likeness (QED) is 0.874. The van der Waals surface area contributed by atoms with Crippen LogP contribution in [0.2, 0.25) is 0 Å². The van der Waals surface area contributed by atoms with Crippen molar-refractivity contribution in [1.82, 2.24) is 5.32 Å². The van der Waals surface area contributed by atoms with Crippen molar-refractivity contribution in [3.05, 3.63) is 58.1 Å². The van der Waals surface area contributed by atoms with E-state index in [1.807, 2.05) is 37.3 Å². The fourth-order valence-corrected chi connectivity index (χ4v) is 2.76. The molecule has 1 N–H and O–H groups in total. The van der Waals surface area contributed by atoms with Crippen LogP contribution < -0.4 is 14.8 Å².